The monoisotopic (exact) mass is 309 g/mol. The molecule has 0 saturated heterocycles. The molecule has 1 aliphatic rings. The number of aromatic nitrogens is 2. The predicted octanol–water partition coefficient (Wildman–Crippen LogP) is 2.89. The Kier molecular flexibility index (Phi) is 3.79. The topological polar surface area (TPSA) is 67.0 Å². The molecule has 0 saturated carbocycles. The van der Waals surface area contributed by atoms with Crippen LogP contribution in [0.4, 0.5) is 10.1 Å². The summed E-state index contributed by atoms with van der Waals surface area (Å²) in [5, 5.41) is 9.16. The molecule has 0 bridgehead atoms. The smallest absolute Gasteiger partial charge is 0.285 e. The standard InChI is InChI=1S/C14H13ClFN3O2/c15-13-11(7-17-19-14(13)20)18-10-2-1-5-21-12-4-3-8(16)6-9(10)12/h3-4,6-7,10H,1-2,5H2,(H2,18,19,20)/t10-/m1/s1. The second-order valence-corrected chi connectivity index (χ2v) is 5.17. The van der Waals surface area contributed by atoms with Gasteiger partial charge >= 0.3 is 0 Å². The highest BCUT2D eigenvalue weighted by molar-refractivity contribution is 6.32. The largest absolute Gasteiger partial charge is 0.493 e. The fourth-order valence-electron chi connectivity index (χ4n) is 2.37. The second kappa shape index (κ2) is 5.73. The van der Waals surface area contributed by atoms with Crippen LogP contribution < -0.4 is 15.6 Å². The lowest BCUT2D eigenvalue weighted by atomic mass is 10.0. The second-order valence-electron chi connectivity index (χ2n) is 4.80. The summed E-state index contributed by atoms with van der Waals surface area (Å²) in [4.78, 5) is 11.5. The number of benzene rings is 1. The van der Waals surface area contributed by atoms with Crippen LogP contribution in [0.1, 0.15) is 24.4 Å². The van der Waals surface area contributed by atoms with Crippen molar-refractivity contribution in [3.63, 3.8) is 0 Å². The number of rotatable bonds is 2. The predicted molar refractivity (Wildman–Crippen MR) is 77.4 cm³/mol. The van der Waals surface area contributed by atoms with Gasteiger partial charge in [0.05, 0.1) is 24.5 Å². The molecule has 3 rings (SSSR count). The Bertz CT molecular complexity index is 720. The van der Waals surface area contributed by atoms with Crippen LogP contribution in [0.25, 0.3) is 0 Å². The number of aromatic amines is 1. The van der Waals surface area contributed by atoms with Gasteiger partial charge in [0.25, 0.3) is 5.56 Å². The molecular weight excluding hydrogens is 297 g/mol. The van der Waals surface area contributed by atoms with E-state index in [1.807, 2.05) is 0 Å². The van der Waals surface area contributed by atoms with Gasteiger partial charge in [0, 0.05) is 5.56 Å². The van der Waals surface area contributed by atoms with Crippen molar-refractivity contribution in [2.45, 2.75) is 18.9 Å². The van der Waals surface area contributed by atoms with Crippen molar-refractivity contribution in [3.8, 4) is 5.75 Å². The van der Waals surface area contributed by atoms with Crippen LogP contribution in [0, 0.1) is 5.82 Å². The van der Waals surface area contributed by atoms with Gasteiger partial charge in [-0.15, -0.1) is 0 Å². The number of hydrogen-bond acceptors (Lipinski definition) is 4. The normalized spacial score (nSPS) is 17.5. The van der Waals surface area contributed by atoms with Gasteiger partial charge in [0.1, 0.15) is 16.6 Å². The summed E-state index contributed by atoms with van der Waals surface area (Å²) in [7, 11) is 0. The zero-order valence-electron chi connectivity index (χ0n) is 11.0. The van der Waals surface area contributed by atoms with Crippen LogP contribution >= 0.6 is 11.6 Å². The number of halogens is 2. The lowest BCUT2D eigenvalue weighted by Gasteiger charge is -2.19. The van der Waals surface area contributed by atoms with Crippen molar-refractivity contribution in [1.82, 2.24) is 10.2 Å². The van der Waals surface area contributed by atoms with Gasteiger partial charge in [0.15, 0.2) is 0 Å². The van der Waals surface area contributed by atoms with Gasteiger partial charge in [-0.05, 0) is 31.0 Å². The Balaban J connectivity index is 1.97. The zero-order chi connectivity index (χ0) is 14.8. The number of fused-ring (bicyclic) bond motifs is 1. The van der Waals surface area contributed by atoms with Crippen molar-refractivity contribution in [3.05, 3.63) is 51.2 Å². The molecule has 21 heavy (non-hydrogen) atoms. The van der Waals surface area contributed by atoms with Crippen LogP contribution in [0.5, 0.6) is 5.75 Å². The molecule has 1 aliphatic heterocycles. The van der Waals surface area contributed by atoms with Gasteiger partial charge in [-0.25, -0.2) is 9.49 Å². The maximum atomic E-state index is 13.5. The van der Waals surface area contributed by atoms with Gasteiger partial charge in [0.2, 0.25) is 0 Å². The van der Waals surface area contributed by atoms with Crippen LogP contribution in [0.2, 0.25) is 5.02 Å². The van der Waals surface area contributed by atoms with Gasteiger partial charge in [-0.1, -0.05) is 11.6 Å². The highest BCUT2D eigenvalue weighted by atomic mass is 35.5. The Morgan fingerprint density at radius 3 is 3.19 bits per heavy atom. The molecule has 0 unspecified atom stereocenters. The van der Waals surface area contributed by atoms with Crippen LogP contribution in [0.3, 0.4) is 0 Å². The van der Waals surface area contributed by atoms with Gasteiger partial charge < -0.3 is 10.1 Å². The first-order valence-electron chi connectivity index (χ1n) is 6.57. The van der Waals surface area contributed by atoms with Crippen molar-refractivity contribution in [1.29, 1.82) is 0 Å². The third-order valence-corrected chi connectivity index (χ3v) is 3.74. The number of nitrogens with zero attached hydrogens (tertiary/aromatic N) is 1. The van der Waals surface area contributed by atoms with Crippen LogP contribution in [-0.2, 0) is 0 Å². The van der Waals surface area contributed by atoms with Crippen molar-refractivity contribution < 1.29 is 9.13 Å². The maximum Gasteiger partial charge on any atom is 0.285 e. The number of ether oxygens (including phenoxy) is 1. The Morgan fingerprint density at radius 1 is 1.48 bits per heavy atom. The Hall–Kier alpha value is -2.08. The lowest BCUT2D eigenvalue weighted by molar-refractivity contribution is 0.316. The number of H-pyrrole nitrogens is 1. The first kappa shape index (κ1) is 13.9. The molecule has 0 amide bonds. The van der Waals surface area contributed by atoms with E-state index in [9.17, 15) is 9.18 Å². The van der Waals surface area contributed by atoms with E-state index < -0.39 is 5.56 Å². The minimum absolute atomic E-state index is 0.0353. The molecule has 2 heterocycles. The molecule has 5 nitrogen and oxygen atoms in total. The number of anilines is 1. The highest BCUT2D eigenvalue weighted by Gasteiger charge is 2.21. The van der Waals surface area contributed by atoms with Crippen molar-refractivity contribution in [2.24, 2.45) is 0 Å². The van der Waals surface area contributed by atoms with E-state index in [0.29, 0.717) is 23.6 Å². The molecular formula is C14H13ClFN3O2. The Morgan fingerprint density at radius 2 is 2.33 bits per heavy atom. The summed E-state index contributed by atoms with van der Waals surface area (Å²) in [6.07, 6.45) is 2.98. The van der Waals surface area contributed by atoms with Crippen LogP contribution in [0.15, 0.2) is 29.2 Å². The highest BCUT2D eigenvalue weighted by Crippen LogP contribution is 2.35. The van der Waals surface area contributed by atoms with Gasteiger partial charge in [-0.2, -0.15) is 5.10 Å². The van der Waals surface area contributed by atoms with E-state index in [1.54, 1.807) is 6.07 Å². The van der Waals surface area contributed by atoms with Crippen molar-refractivity contribution >= 4 is 17.3 Å². The molecule has 110 valence electrons. The average molecular weight is 310 g/mol. The van der Waals surface area contributed by atoms with Crippen LogP contribution in [-0.4, -0.2) is 16.8 Å². The third-order valence-electron chi connectivity index (χ3n) is 3.37. The SMILES string of the molecule is O=c1[nH]ncc(N[C@@H]2CCCOc3ccc(F)cc32)c1Cl. The molecule has 0 spiro atoms. The van der Waals surface area contributed by atoms with E-state index in [1.165, 1.54) is 18.3 Å². The van der Waals surface area contributed by atoms with E-state index in [-0.39, 0.29) is 16.9 Å². The molecule has 1 aromatic carbocycles. The summed E-state index contributed by atoms with van der Waals surface area (Å²) < 4.78 is 19.1. The van der Waals surface area contributed by atoms with E-state index in [4.69, 9.17) is 16.3 Å². The van der Waals surface area contributed by atoms with Gasteiger partial charge in [-0.3, -0.25) is 4.79 Å². The first-order chi connectivity index (χ1) is 10.1. The summed E-state index contributed by atoms with van der Waals surface area (Å²) >= 11 is 5.96. The number of hydrogen-bond donors (Lipinski definition) is 2. The molecule has 1 aromatic heterocycles. The maximum absolute atomic E-state index is 13.5. The summed E-state index contributed by atoms with van der Waals surface area (Å²) in [5.41, 5.74) is 0.664. The minimum atomic E-state index is -0.467. The van der Waals surface area contributed by atoms with E-state index in [2.05, 4.69) is 15.5 Å². The quantitative estimate of drug-likeness (QED) is 0.895. The summed E-state index contributed by atoms with van der Waals surface area (Å²) in [6, 6.07) is 4.22. The molecule has 2 N–H and O–H groups in total. The average Bonchev–Trinajstić information content (AvgIpc) is 2.66. The zero-order valence-corrected chi connectivity index (χ0v) is 11.8. The molecule has 1 atom stereocenters. The molecule has 0 aliphatic carbocycles. The fourth-order valence-corrected chi connectivity index (χ4v) is 2.52. The summed E-state index contributed by atoms with van der Waals surface area (Å²) in [5.74, 6) is 0.307. The molecule has 7 heteroatoms. The first-order valence-corrected chi connectivity index (χ1v) is 6.95. The fraction of sp³-hybridized carbons (Fsp3) is 0.286. The molecule has 0 radical (unpaired) electrons. The molecule has 0 fully saturated rings. The summed E-state index contributed by atoms with van der Waals surface area (Å²) in [6.45, 7) is 0.568. The van der Waals surface area contributed by atoms with E-state index >= 15 is 0 Å². The van der Waals surface area contributed by atoms with Crippen molar-refractivity contribution in [2.75, 3.05) is 11.9 Å². The minimum Gasteiger partial charge on any atom is -0.493 e. The molecule has 2 aromatic rings. The third kappa shape index (κ3) is 2.85. The van der Waals surface area contributed by atoms with E-state index in [0.717, 1.165) is 12.8 Å². The lowest BCUT2D eigenvalue weighted by Crippen LogP contribution is -2.15. The number of nitrogens with one attached hydrogen (secondary N) is 2. The Labute approximate surface area is 125 Å².